The Kier molecular flexibility index (Phi) is 6.93. The van der Waals surface area contributed by atoms with Crippen LogP contribution in [0.3, 0.4) is 0 Å². The van der Waals surface area contributed by atoms with Gasteiger partial charge in [0, 0.05) is 29.9 Å². The molecule has 29 heavy (non-hydrogen) atoms. The highest BCUT2D eigenvalue weighted by Crippen LogP contribution is 2.26. The van der Waals surface area contributed by atoms with Crippen molar-refractivity contribution in [2.45, 2.75) is 33.7 Å². The lowest BCUT2D eigenvalue weighted by Crippen LogP contribution is -2.34. The normalized spacial score (nSPS) is 12.1. The first-order valence-electron chi connectivity index (χ1n) is 9.68. The molecule has 0 bridgehead atoms. The molecule has 1 N–H and O–H groups in total. The molecule has 0 saturated carbocycles. The van der Waals surface area contributed by atoms with Crippen molar-refractivity contribution in [3.05, 3.63) is 59.4 Å². The molecule has 2 heterocycles. The molecule has 7 heteroatoms. The van der Waals surface area contributed by atoms with E-state index < -0.39 is 11.9 Å². The Hall–Kier alpha value is -2.80. The predicted octanol–water partition coefficient (Wildman–Crippen LogP) is 4.66. The first-order chi connectivity index (χ1) is 13.9. The van der Waals surface area contributed by atoms with Crippen LogP contribution >= 0.6 is 11.3 Å². The Morgan fingerprint density at radius 1 is 1.17 bits per heavy atom. The van der Waals surface area contributed by atoms with Crippen LogP contribution in [0.25, 0.3) is 10.6 Å². The number of aliphatic carboxylic acids is 1. The fourth-order valence-corrected chi connectivity index (χ4v) is 3.98. The van der Waals surface area contributed by atoms with E-state index in [1.807, 2.05) is 24.1 Å². The molecule has 3 rings (SSSR count). The summed E-state index contributed by atoms with van der Waals surface area (Å²) in [5.41, 5.74) is 3.17. The fourth-order valence-electron chi connectivity index (χ4n) is 3.16. The summed E-state index contributed by atoms with van der Waals surface area (Å²) < 4.78 is 0. The van der Waals surface area contributed by atoms with Crippen molar-refractivity contribution in [2.75, 3.05) is 11.4 Å². The number of rotatable bonds is 9. The maximum Gasteiger partial charge on any atom is 0.308 e. The maximum atomic E-state index is 11.8. The van der Waals surface area contributed by atoms with E-state index >= 15 is 0 Å². The molecule has 0 aliphatic heterocycles. The van der Waals surface area contributed by atoms with E-state index in [1.165, 1.54) is 5.56 Å². The number of nitrogens with zero attached hydrogens (tertiary/aromatic N) is 4. The van der Waals surface area contributed by atoms with Gasteiger partial charge in [-0.15, -0.1) is 11.3 Å². The van der Waals surface area contributed by atoms with Gasteiger partial charge in [0.2, 0.25) is 5.95 Å². The summed E-state index contributed by atoms with van der Waals surface area (Å²) in [5.74, 6) is -0.471. The van der Waals surface area contributed by atoms with E-state index in [2.05, 4.69) is 41.2 Å². The second kappa shape index (κ2) is 9.60. The van der Waals surface area contributed by atoms with Gasteiger partial charge in [0.15, 0.2) is 0 Å². The van der Waals surface area contributed by atoms with Crippen LogP contribution in [0.1, 0.15) is 31.5 Å². The van der Waals surface area contributed by atoms with Gasteiger partial charge in [-0.3, -0.25) is 4.79 Å². The van der Waals surface area contributed by atoms with Gasteiger partial charge in [0.05, 0.1) is 18.2 Å². The third-order valence-electron chi connectivity index (χ3n) is 4.58. The average molecular weight is 411 g/mol. The Labute approximate surface area is 175 Å². The molecule has 0 fully saturated rings. The van der Waals surface area contributed by atoms with Gasteiger partial charge < -0.3 is 10.0 Å². The van der Waals surface area contributed by atoms with Gasteiger partial charge in [0.25, 0.3) is 0 Å². The van der Waals surface area contributed by atoms with E-state index in [4.69, 9.17) is 4.98 Å². The highest BCUT2D eigenvalue weighted by atomic mass is 32.1. The van der Waals surface area contributed by atoms with Crippen molar-refractivity contribution in [1.82, 2.24) is 15.0 Å². The van der Waals surface area contributed by atoms with Crippen LogP contribution in [0.2, 0.25) is 0 Å². The summed E-state index contributed by atoms with van der Waals surface area (Å²) in [6, 6.07) is 10.0. The van der Waals surface area contributed by atoms with Crippen LogP contribution in [0, 0.1) is 18.8 Å². The van der Waals surface area contributed by atoms with E-state index in [9.17, 15) is 9.90 Å². The molecule has 1 atom stereocenters. The summed E-state index contributed by atoms with van der Waals surface area (Å²) in [4.78, 5) is 27.1. The summed E-state index contributed by atoms with van der Waals surface area (Å²) in [6.07, 6.45) is 3.95. The number of benzene rings is 1. The minimum absolute atomic E-state index is 0.294. The number of aryl methyl sites for hydroxylation is 1. The smallest absolute Gasteiger partial charge is 0.308 e. The zero-order valence-electron chi connectivity index (χ0n) is 16.9. The molecule has 0 aliphatic rings. The molecule has 0 aliphatic carbocycles. The van der Waals surface area contributed by atoms with Gasteiger partial charge in [0.1, 0.15) is 5.01 Å². The van der Waals surface area contributed by atoms with Gasteiger partial charge in [-0.2, -0.15) is 0 Å². The number of hydrogen-bond acceptors (Lipinski definition) is 6. The number of carbonyl (C=O) groups is 1. The fraction of sp³-hybridized carbons (Fsp3) is 0.364. The first-order valence-corrected chi connectivity index (χ1v) is 10.6. The molecule has 0 spiro atoms. The number of carboxylic acids is 1. The molecule has 1 aromatic carbocycles. The molecule has 3 aromatic rings. The summed E-state index contributed by atoms with van der Waals surface area (Å²) in [5, 5.41) is 12.6. The molecule has 2 aromatic heterocycles. The second-order valence-corrected chi connectivity index (χ2v) is 8.46. The molecule has 1 unspecified atom stereocenters. The monoisotopic (exact) mass is 410 g/mol. The lowest BCUT2D eigenvalue weighted by molar-refractivity contribution is -0.141. The average Bonchev–Trinajstić information content (AvgIpc) is 3.16. The Balaban J connectivity index is 1.82. The second-order valence-electron chi connectivity index (χ2n) is 7.60. The van der Waals surface area contributed by atoms with Crippen molar-refractivity contribution >= 4 is 23.3 Å². The van der Waals surface area contributed by atoms with Gasteiger partial charge in [-0.25, -0.2) is 15.0 Å². The Morgan fingerprint density at radius 2 is 1.86 bits per heavy atom. The minimum Gasteiger partial charge on any atom is -0.481 e. The zero-order chi connectivity index (χ0) is 20.8. The number of thiazole rings is 1. The van der Waals surface area contributed by atoms with Crippen LogP contribution in [-0.4, -0.2) is 32.6 Å². The van der Waals surface area contributed by atoms with Crippen LogP contribution in [-0.2, 0) is 11.3 Å². The topological polar surface area (TPSA) is 79.2 Å². The summed E-state index contributed by atoms with van der Waals surface area (Å²) >= 11 is 1.59. The lowest BCUT2D eigenvalue weighted by Gasteiger charge is -2.26. The van der Waals surface area contributed by atoms with E-state index in [0.29, 0.717) is 31.4 Å². The SMILES string of the molecule is Cc1ccc(-c2nc(CN(CC(CC(C)C)C(=O)O)c3ncccn3)cs2)cc1. The van der Waals surface area contributed by atoms with Gasteiger partial charge >= 0.3 is 5.97 Å². The van der Waals surface area contributed by atoms with E-state index in [-0.39, 0.29) is 0 Å². The predicted molar refractivity (Wildman–Crippen MR) is 116 cm³/mol. The zero-order valence-corrected chi connectivity index (χ0v) is 17.8. The largest absolute Gasteiger partial charge is 0.481 e. The molecular formula is C22H26N4O2S. The highest BCUT2D eigenvalue weighted by Gasteiger charge is 2.24. The first kappa shape index (κ1) is 20.9. The highest BCUT2D eigenvalue weighted by molar-refractivity contribution is 7.13. The van der Waals surface area contributed by atoms with Crippen LogP contribution < -0.4 is 4.90 Å². The molecular weight excluding hydrogens is 384 g/mol. The number of anilines is 1. The molecule has 0 amide bonds. The minimum atomic E-state index is -0.793. The van der Waals surface area contributed by atoms with Crippen molar-refractivity contribution < 1.29 is 9.90 Å². The third-order valence-corrected chi connectivity index (χ3v) is 5.52. The van der Waals surface area contributed by atoms with E-state index in [1.54, 1.807) is 29.8 Å². The van der Waals surface area contributed by atoms with Crippen LogP contribution in [0.5, 0.6) is 0 Å². The summed E-state index contributed by atoms with van der Waals surface area (Å²) in [6.45, 7) is 6.94. The number of aromatic nitrogens is 3. The van der Waals surface area contributed by atoms with Crippen molar-refractivity contribution in [2.24, 2.45) is 11.8 Å². The number of hydrogen-bond donors (Lipinski definition) is 1. The Morgan fingerprint density at radius 3 is 2.48 bits per heavy atom. The Bertz CT molecular complexity index is 926. The van der Waals surface area contributed by atoms with Crippen LogP contribution in [0.4, 0.5) is 5.95 Å². The standard InChI is InChI=1S/C22H26N4O2S/c1-15(2)11-18(21(27)28)12-26(22-23-9-4-10-24-22)13-19-14-29-20(25-19)17-7-5-16(3)6-8-17/h4-10,14-15,18H,11-13H2,1-3H3,(H,27,28). The molecule has 0 saturated heterocycles. The van der Waals surface area contributed by atoms with Crippen molar-refractivity contribution in [3.8, 4) is 10.6 Å². The number of carboxylic acid groups (broad SMARTS) is 1. The van der Waals surface area contributed by atoms with Crippen molar-refractivity contribution in [1.29, 1.82) is 0 Å². The van der Waals surface area contributed by atoms with Gasteiger partial charge in [-0.05, 0) is 25.3 Å². The molecule has 6 nitrogen and oxygen atoms in total. The third kappa shape index (κ3) is 5.84. The van der Waals surface area contributed by atoms with Crippen LogP contribution in [0.15, 0.2) is 48.1 Å². The molecule has 0 radical (unpaired) electrons. The lowest BCUT2D eigenvalue weighted by atomic mass is 9.96. The quantitative estimate of drug-likeness (QED) is 0.553. The van der Waals surface area contributed by atoms with E-state index in [0.717, 1.165) is 16.3 Å². The van der Waals surface area contributed by atoms with Gasteiger partial charge in [-0.1, -0.05) is 43.7 Å². The maximum absolute atomic E-state index is 11.8. The summed E-state index contributed by atoms with van der Waals surface area (Å²) in [7, 11) is 0. The van der Waals surface area contributed by atoms with Crippen molar-refractivity contribution in [3.63, 3.8) is 0 Å². The molecule has 152 valence electrons.